The number of aromatic nitrogens is 1. The summed E-state index contributed by atoms with van der Waals surface area (Å²) in [5, 5.41) is 2.97. The number of nitrogens with one attached hydrogen (secondary N) is 1. The Morgan fingerprint density at radius 2 is 1.73 bits per heavy atom. The maximum absolute atomic E-state index is 13.4. The molecule has 0 aliphatic carbocycles. The minimum atomic E-state index is -4.47. The van der Waals surface area contributed by atoms with Gasteiger partial charge in [-0.05, 0) is 62.0 Å². The molecular formula is C25H31F3N4O. The molecule has 0 spiro atoms. The van der Waals surface area contributed by atoms with Gasteiger partial charge in [-0.3, -0.25) is 9.69 Å². The molecule has 0 bridgehead atoms. The van der Waals surface area contributed by atoms with E-state index in [2.05, 4.69) is 27.3 Å². The zero-order valence-electron chi connectivity index (χ0n) is 18.8. The van der Waals surface area contributed by atoms with E-state index in [-0.39, 0.29) is 24.2 Å². The first-order chi connectivity index (χ1) is 15.9. The highest BCUT2D eigenvalue weighted by Crippen LogP contribution is 2.36. The zero-order valence-corrected chi connectivity index (χ0v) is 18.8. The fourth-order valence-electron chi connectivity index (χ4n) is 4.73. The van der Waals surface area contributed by atoms with E-state index in [1.54, 1.807) is 4.90 Å². The summed E-state index contributed by atoms with van der Waals surface area (Å²) in [5.41, 5.74) is 1.53. The topological polar surface area (TPSA) is 48.5 Å². The molecule has 0 radical (unpaired) electrons. The van der Waals surface area contributed by atoms with Crippen LogP contribution in [0, 0.1) is 5.92 Å². The average Bonchev–Trinajstić information content (AvgIpc) is 2.83. The van der Waals surface area contributed by atoms with Gasteiger partial charge in [0.05, 0.1) is 11.5 Å². The van der Waals surface area contributed by atoms with E-state index in [1.807, 2.05) is 12.1 Å². The second-order valence-electron chi connectivity index (χ2n) is 9.03. The van der Waals surface area contributed by atoms with Crippen molar-refractivity contribution in [2.24, 2.45) is 5.92 Å². The minimum Gasteiger partial charge on any atom is -0.355 e. The summed E-state index contributed by atoms with van der Waals surface area (Å²) >= 11 is 0. The summed E-state index contributed by atoms with van der Waals surface area (Å²) in [6, 6.07) is 10.6. The Morgan fingerprint density at radius 1 is 1.00 bits per heavy atom. The van der Waals surface area contributed by atoms with Gasteiger partial charge in [0, 0.05) is 32.4 Å². The molecule has 178 valence electrons. The van der Waals surface area contributed by atoms with Crippen LogP contribution in [0.15, 0.2) is 42.6 Å². The van der Waals surface area contributed by atoms with Gasteiger partial charge >= 0.3 is 6.18 Å². The van der Waals surface area contributed by atoms with E-state index in [1.165, 1.54) is 37.1 Å². The minimum absolute atomic E-state index is 0.0909. The standard InChI is InChI=1S/C25H31F3N4O/c26-25(27,28)22-7-4-12-29-23(22)32-15-5-6-21(18-32)24(33)30-16-19-8-10-20(11-9-19)17-31-13-2-1-3-14-31/h4,7-12,21H,1-3,5-6,13-18H2,(H,30,33). The third-order valence-corrected chi connectivity index (χ3v) is 6.53. The van der Waals surface area contributed by atoms with Crippen LogP contribution in [-0.2, 0) is 24.1 Å². The molecule has 2 fully saturated rings. The molecule has 2 aromatic rings. The lowest BCUT2D eigenvalue weighted by atomic mass is 9.96. The first kappa shape index (κ1) is 23.5. The van der Waals surface area contributed by atoms with E-state index in [0.29, 0.717) is 25.9 Å². The van der Waals surface area contributed by atoms with Crippen LogP contribution in [0.3, 0.4) is 0 Å². The molecule has 5 nitrogen and oxygen atoms in total. The molecular weight excluding hydrogens is 429 g/mol. The van der Waals surface area contributed by atoms with E-state index in [9.17, 15) is 18.0 Å². The number of likely N-dealkylation sites (tertiary alicyclic amines) is 1. The van der Waals surface area contributed by atoms with Crippen LogP contribution in [0.25, 0.3) is 0 Å². The lowest BCUT2D eigenvalue weighted by Crippen LogP contribution is -2.43. The molecule has 4 rings (SSSR count). The van der Waals surface area contributed by atoms with Crippen LogP contribution in [-0.4, -0.2) is 42.0 Å². The van der Waals surface area contributed by atoms with Crippen molar-refractivity contribution in [3.8, 4) is 0 Å². The van der Waals surface area contributed by atoms with E-state index < -0.39 is 11.7 Å². The van der Waals surface area contributed by atoms with Crippen LogP contribution in [0.2, 0.25) is 0 Å². The SMILES string of the molecule is O=C(NCc1ccc(CN2CCCCC2)cc1)C1CCCN(c2ncccc2C(F)(F)F)C1. The van der Waals surface area contributed by atoms with Crippen molar-refractivity contribution in [3.05, 3.63) is 59.3 Å². The Bertz CT molecular complexity index is 926. The average molecular weight is 461 g/mol. The molecule has 2 saturated heterocycles. The summed E-state index contributed by atoms with van der Waals surface area (Å²) in [6.45, 7) is 4.37. The molecule has 1 unspecified atom stereocenters. The Morgan fingerprint density at radius 3 is 2.45 bits per heavy atom. The normalized spacial score (nSPS) is 20.0. The number of benzene rings is 1. The second kappa shape index (κ2) is 10.5. The molecule has 3 heterocycles. The number of nitrogens with zero attached hydrogens (tertiary/aromatic N) is 3. The number of piperidine rings is 2. The first-order valence-corrected chi connectivity index (χ1v) is 11.8. The van der Waals surface area contributed by atoms with E-state index in [4.69, 9.17) is 0 Å². The maximum atomic E-state index is 13.4. The smallest absolute Gasteiger partial charge is 0.355 e. The van der Waals surface area contributed by atoms with Gasteiger partial charge in [0.2, 0.25) is 5.91 Å². The number of alkyl halides is 3. The number of anilines is 1. The van der Waals surface area contributed by atoms with Gasteiger partial charge < -0.3 is 10.2 Å². The molecule has 0 saturated carbocycles. The lowest BCUT2D eigenvalue weighted by Gasteiger charge is -2.34. The molecule has 33 heavy (non-hydrogen) atoms. The van der Waals surface area contributed by atoms with Gasteiger partial charge in [0.15, 0.2) is 0 Å². The van der Waals surface area contributed by atoms with Crippen LogP contribution in [0.4, 0.5) is 19.0 Å². The van der Waals surface area contributed by atoms with Crippen LogP contribution in [0.5, 0.6) is 0 Å². The maximum Gasteiger partial charge on any atom is 0.419 e. The van der Waals surface area contributed by atoms with Gasteiger partial charge in [0.1, 0.15) is 5.82 Å². The van der Waals surface area contributed by atoms with Crippen molar-refractivity contribution in [1.82, 2.24) is 15.2 Å². The summed E-state index contributed by atoms with van der Waals surface area (Å²) in [6.07, 6.45) is 2.05. The lowest BCUT2D eigenvalue weighted by molar-refractivity contribution is -0.137. The Labute approximate surface area is 193 Å². The molecule has 2 aliphatic heterocycles. The third-order valence-electron chi connectivity index (χ3n) is 6.53. The number of carbonyl (C=O) groups excluding carboxylic acids is 1. The summed E-state index contributed by atoms with van der Waals surface area (Å²) in [4.78, 5) is 20.8. The molecule has 2 aliphatic rings. The molecule has 1 aromatic carbocycles. The second-order valence-corrected chi connectivity index (χ2v) is 9.03. The van der Waals surface area contributed by atoms with Gasteiger partial charge in [-0.15, -0.1) is 0 Å². The Kier molecular flexibility index (Phi) is 7.53. The van der Waals surface area contributed by atoms with Crippen LogP contribution >= 0.6 is 0 Å². The van der Waals surface area contributed by atoms with Crippen molar-refractivity contribution < 1.29 is 18.0 Å². The number of hydrogen-bond donors (Lipinski definition) is 1. The van der Waals surface area contributed by atoms with Gasteiger partial charge in [-0.25, -0.2) is 4.98 Å². The van der Waals surface area contributed by atoms with Crippen molar-refractivity contribution in [2.45, 2.75) is 51.4 Å². The van der Waals surface area contributed by atoms with Crippen LogP contribution in [0.1, 0.15) is 48.8 Å². The predicted molar refractivity (Wildman–Crippen MR) is 122 cm³/mol. The third kappa shape index (κ3) is 6.25. The number of carbonyl (C=O) groups is 1. The van der Waals surface area contributed by atoms with Crippen molar-refractivity contribution in [3.63, 3.8) is 0 Å². The van der Waals surface area contributed by atoms with Crippen molar-refractivity contribution in [2.75, 3.05) is 31.1 Å². The summed E-state index contributed by atoms with van der Waals surface area (Å²) in [5.74, 6) is -0.575. The van der Waals surface area contributed by atoms with Gasteiger partial charge in [-0.1, -0.05) is 30.7 Å². The summed E-state index contributed by atoms with van der Waals surface area (Å²) in [7, 11) is 0. The highest BCUT2D eigenvalue weighted by atomic mass is 19.4. The Balaban J connectivity index is 1.31. The molecule has 1 atom stereocenters. The number of amides is 1. The quantitative estimate of drug-likeness (QED) is 0.684. The van der Waals surface area contributed by atoms with Gasteiger partial charge in [-0.2, -0.15) is 13.2 Å². The fourth-order valence-corrected chi connectivity index (χ4v) is 4.73. The van der Waals surface area contributed by atoms with Crippen LogP contribution < -0.4 is 10.2 Å². The fraction of sp³-hybridized carbons (Fsp3) is 0.520. The number of hydrogen-bond acceptors (Lipinski definition) is 4. The van der Waals surface area contributed by atoms with Crippen molar-refractivity contribution >= 4 is 11.7 Å². The first-order valence-electron chi connectivity index (χ1n) is 11.8. The highest BCUT2D eigenvalue weighted by Gasteiger charge is 2.37. The monoisotopic (exact) mass is 460 g/mol. The van der Waals surface area contributed by atoms with E-state index in [0.717, 1.165) is 31.3 Å². The van der Waals surface area contributed by atoms with Gasteiger partial charge in [0.25, 0.3) is 0 Å². The predicted octanol–water partition coefficient (Wildman–Crippen LogP) is 4.62. The largest absolute Gasteiger partial charge is 0.419 e. The Hall–Kier alpha value is -2.61. The molecule has 1 aromatic heterocycles. The number of halogens is 3. The molecule has 1 N–H and O–H groups in total. The number of rotatable bonds is 6. The van der Waals surface area contributed by atoms with E-state index >= 15 is 0 Å². The molecule has 8 heteroatoms. The zero-order chi connectivity index (χ0) is 23.3. The highest BCUT2D eigenvalue weighted by molar-refractivity contribution is 5.79. The molecule has 1 amide bonds. The summed E-state index contributed by atoms with van der Waals surface area (Å²) < 4.78 is 40.1. The van der Waals surface area contributed by atoms with Crippen molar-refractivity contribution in [1.29, 1.82) is 0 Å². The number of pyridine rings is 1.